The Morgan fingerprint density at radius 1 is 0.960 bits per heavy atom. The van der Waals surface area contributed by atoms with Gasteiger partial charge in [-0.05, 0) is 80.5 Å². The van der Waals surface area contributed by atoms with Gasteiger partial charge in [0.2, 0.25) is 0 Å². The van der Waals surface area contributed by atoms with Crippen LogP contribution in [0.4, 0.5) is 0 Å². The number of aliphatic hydroxyl groups is 1. The molecule has 6 saturated carbocycles. The zero-order valence-corrected chi connectivity index (χ0v) is 14.5. The van der Waals surface area contributed by atoms with E-state index in [0.29, 0.717) is 30.1 Å². The van der Waals surface area contributed by atoms with Crippen LogP contribution in [0.2, 0.25) is 0 Å². The lowest BCUT2D eigenvalue weighted by Gasteiger charge is -2.59. The van der Waals surface area contributed by atoms with E-state index in [-0.39, 0.29) is 32.3 Å². The molecule has 6 bridgehead atoms. The van der Waals surface area contributed by atoms with Crippen molar-refractivity contribution < 1.29 is 14.6 Å². The zero-order chi connectivity index (χ0) is 16.0. The van der Waals surface area contributed by atoms with Crippen LogP contribution in [0, 0.1) is 41.4 Å². The van der Waals surface area contributed by atoms with Crippen molar-refractivity contribution in [2.45, 2.75) is 91.3 Å². The third-order valence-corrected chi connectivity index (χ3v) is 8.49. The number of hydrogen-bond donors (Lipinski definition) is 1. The van der Waals surface area contributed by atoms with Gasteiger partial charge in [-0.1, -0.05) is 28.7 Å². The molecule has 6 aliphatic carbocycles. The summed E-state index contributed by atoms with van der Waals surface area (Å²) in [6.07, 6.45) is 8.09. The van der Waals surface area contributed by atoms with Crippen LogP contribution in [0.5, 0.6) is 0 Å². The summed E-state index contributed by atoms with van der Waals surface area (Å²) in [5.74, 6) is 4.06. The molecule has 0 aromatic rings. The summed E-state index contributed by atoms with van der Waals surface area (Å²) in [5.41, 5.74) is -0.868. The van der Waals surface area contributed by atoms with E-state index < -0.39 is 5.60 Å². The molecule has 25 heavy (non-hydrogen) atoms. The van der Waals surface area contributed by atoms with Gasteiger partial charge in [0, 0.05) is 6.42 Å². The predicted molar refractivity (Wildman–Crippen MR) is 99.9 cm³/mol. The van der Waals surface area contributed by atoms with Crippen LogP contribution in [-0.4, -0.2) is 22.3 Å². The average molecular weight is 351 g/mol. The summed E-state index contributed by atoms with van der Waals surface area (Å²) < 4.78 is 6.24. The summed E-state index contributed by atoms with van der Waals surface area (Å²) in [6, 6.07) is 0. The summed E-state index contributed by atoms with van der Waals surface area (Å²) in [5, 5.41) is 10.8. The van der Waals surface area contributed by atoms with E-state index in [2.05, 4.69) is 13.8 Å². The van der Waals surface area contributed by atoms with Crippen molar-refractivity contribution in [2.24, 2.45) is 41.4 Å². The zero-order valence-electron chi connectivity index (χ0n) is 14.5. The van der Waals surface area contributed by atoms with Gasteiger partial charge in [-0.25, -0.2) is 0 Å². The third-order valence-electron chi connectivity index (χ3n) is 8.49. The standard InChI is InChI=1S/C20H30O3.2CH4/c1-11-12(2)16-4-15(11)5-17(16)18(21)23-20-8-13-3-14(9-20)7-19(22,6-13)10-20;;/h11-17,22H,3-10H2,1-2H3;2*1H4. The Morgan fingerprint density at radius 2 is 1.60 bits per heavy atom. The molecule has 0 aromatic carbocycles. The molecule has 0 saturated heterocycles. The summed E-state index contributed by atoms with van der Waals surface area (Å²) in [7, 11) is 0. The molecule has 0 heterocycles. The molecule has 3 nitrogen and oxygen atoms in total. The largest absolute Gasteiger partial charge is 0.459 e. The van der Waals surface area contributed by atoms with Crippen LogP contribution >= 0.6 is 0 Å². The van der Waals surface area contributed by atoms with E-state index in [1.165, 1.54) is 12.8 Å². The first-order valence-electron chi connectivity index (χ1n) is 9.82. The summed E-state index contributed by atoms with van der Waals surface area (Å²) in [4.78, 5) is 13.0. The molecule has 0 aromatic heterocycles. The highest BCUT2D eigenvalue weighted by Crippen LogP contribution is 2.60. The number of rotatable bonds is 2. The molecular weight excluding hydrogens is 312 g/mol. The first-order chi connectivity index (χ1) is 10.9. The number of carbonyl (C=O) groups is 1. The maximum Gasteiger partial charge on any atom is 0.309 e. The van der Waals surface area contributed by atoms with Gasteiger partial charge in [-0.3, -0.25) is 4.79 Å². The normalized spacial score (nSPS) is 54.8. The minimum atomic E-state index is -0.541. The molecule has 7 unspecified atom stereocenters. The summed E-state index contributed by atoms with van der Waals surface area (Å²) >= 11 is 0. The molecule has 6 rings (SSSR count). The Hall–Kier alpha value is -0.570. The van der Waals surface area contributed by atoms with Crippen LogP contribution in [0.15, 0.2) is 0 Å². The molecule has 0 radical (unpaired) electrons. The maximum atomic E-state index is 13.0. The molecule has 1 N–H and O–H groups in total. The fourth-order valence-electron chi connectivity index (χ4n) is 7.75. The van der Waals surface area contributed by atoms with Crippen LogP contribution < -0.4 is 0 Å². The van der Waals surface area contributed by atoms with Crippen molar-refractivity contribution in [1.82, 2.24) is 0 Å². The van der Waals surface area contributed by atoms with Crippen LogP contribution in [0.25, 0.3) is 0 Å². The predicted octanol–water partition coefficient (Wildman–Crippen LogP) is 4.81. The lowest BCUT2D eigenvalue weighted by molar-refractivity contribution is -0.223. The molecule has 7 atom stereocenters. The van der Waals surface area contributed by atoms with E-state index in [1.807, 2.05) is 0 Å². The van der Waals surface area contributed by atoms with Gasteiger partial charge < -0.3 is 9.84 Å². The minimum Gasteiger partial charge on any atom is -0.459 e. The fraction of sp³-hybridized carbons (Fsp3) is 0.955. The molecule has 0 aliphatic heterocycles. The van der Waals surface area contributed by atoms with Crippen LogP contribution in [0.1, 0.15) is 80.1 Å². The highest BCUT2D eigenvalue weighted by molar-refractivity contribution is 5.74. The Morgan fingerprint density at radius 3 is 2.12 bits per heavy atom. The van der Waals surface area contributed by atoms with E-state index in [4.69, 9.17) is 4.74 Å². The van der Waals surface area contributed by atoms with Crippen molar-refractivity contribution in [2.75, 3.05) is 0 Å². The SMILES string of the molecule is C.C.CC1C2CC(C(=O)OC34CC5CC(CC(O)(C5)C3)C4)C(C2)C1C. The van der Waals surface area contributed by atoms with Crippen molar-refractivity contribution in [3.8, 4) is 0 Å². The minimum absolute atomic E-state index is 0. The van der Waals surface area contributed by atoms with Gasteiger partial charge in [-0.15, -0.1) is 0 Å². The van der Waals surface area contributed by atoms with Crippen molar-refractivity contribution >= 4 is 5.97 Å². The Balaban J connectivity index is 0.000000911. The first-order valence-corrected chi connectivity index (χ1v) is 9.82. The average Bonchev–Trinajstić information content (AvgIpc) is 2.96. The van der Waals surface area contributed by atoms with E-state index in [1.54, 1.807) is 0 Å². The lowest BCUT2D eigenvalue weighted by Crippen LogP contribution is -2.60. The molecular formula is C22H38O3. The fourth-order valence-corrected chi connectivity index (χ4v) is 7.75. The number of fused-ring (bicyclic) bond motifs is 2. The van der Waals surface area contributed by atoms with E-state index >= 15 is 0 Å². The van der Waals surface area contributed by atoms with Gasteiger partial charge >= 0.3 is 5.97 Å². The molecule has 144 valence electrons. The van der Waals surface area contributed by atoms with Crippen molar-refractivity contribution in [1.29, 1.82) is 0 Å². The lowest BCUT2D eigenvalue weighted by atomic mass is 9.52. The maximum absolute atomic E-state index is 13.0. The summed E-state index contributed by atoms with van der Waals surface area (Å²) in [6.45, 7) is 4.67. The Kier molecular flexibility index (Phi) is 4.59. The Labute approximate surface area is 153 Å². The second-order valence-corrected chi connectivity index (χ2v) is 10.0. The molecule has 6 aliphatic rings. The number of ether oxygens (including phenoxy) is 1. The molecule has 0 spiro atoms. The second-order valence-electron chi connectivity index (χ2n) is 10.0. The Bertz CT molecular complexity index is 525. The van der Waals surface area contributed by atoms with E-state index in [9.17, 15) is 9.90 Å². The van der Waals surface area contributed by atoms with E-state index in [0.717, 1.165) is 43.9 Å². The van der Waals surface area contributed by atoms with Gasteiger partial charge in [-0.2, -0.15) is 0 Å². The molecule has 0 amide bonds. The van der Waals surface area contributed by atoms with Crippen molar-refractivity contribution in [3.63, 3.8) is 0 Å². The highest BCUT2D eigenvalue weighted by Gasteiger charge is 2.60. The molecule has 6 fully saturated rings. The highest BCUT2D eigenvalue weighted by atomic mass is 16.6. The second kappa shape index (κ2) is 5.97. The van der Waals surface area contributed by atoms with Gasteiger partial charge in [0.15, 0.2) is 0 Å². The molecule has 3 heteroatoms. The van der Waals surface area contributed by atoms with Crippen molar-refractivity contribution in [3.05, 3.63) is 0 Å². The van der Waals surface area contributed by atoms with Crippen LogP contribution in [-0.2, 0) is 9.53 Å². The smallest absolute Gasteiger partial charge is 0.309 e. The quantitative estimate of drug-likeness (QED) is 0.727. The van der Waals surface area contributed by atoms with Gasteiger partial charge in [0.05, 0.1) is 11.5 Å². The third kappa shape index (κ3) is 2.76. The van der Waals surface area contributed by atoms with Crippen LogP contribution in [0.3, 0.4) is 0 Å². The number of esters is 1. The van der Waals surface area contributed by atoms with Gasteiger partial charge in [0.25, 0.3) is 0 Å². The number of hydrogen-bond acceptors (Lipinski definition) is 3. The number of carbonyl (C=O) groups excluding carboxylic acids is 1. The van der Waals surface area contributed by atoms with Gasteiger partial charge in [0.1, 0.15) is 5.60 Å². The topological polar surface area (TPSA) is 46.5 Å². The monoisotopic (exact) mass is 350 g/mol. The first kappa shape index (κ1) is 19.2.